The van der Waals surface area contributed by atoms with E-state index in [0.717, 1.165) is 45.9 Å². The number of pyridine rings is 1. The van der Waals surface area contributed by atoms with Crippen molar-refractivity contribution in [1.82, 2.24) is 15.2 Å². The van der Waals surface area contributed by atoms with E-state index in [1.165, 1.54) is 0 Å². The predicted octanol–water partition coefficient (Wildman–Crippen LogP) is 0.549. The van der Waals surface area contributed by atoms with Gasteiger partial charge in [-0.25, -0.2) is 0 Å². The summed E-state index contributed by atoms with van der Waals surface area (Å²) in [4.78, 5) is 18.6. The van der Waals surface area contributed by atoms with E-state index < -0.39 is 0 Å². The number of morpholine rings is 1. The first-order valence-electron chi connectivity index (χ1n) is 7.92. The standard InChI is InChI=1S/C16H23N3O3/c20-16(13-1-4-17-5-2-13)18-11-15(14-3-8-22-12-14)19-6-9-21-10-7-19/h1-2,4-5,14-15H,3,6-12H2,(H,18,20). The number of aromatic nitrogens is 1. The molecule has 1 amide bonds. The van der Waals surface area contributed by atoms with Gasteiger partial charge >= 0.3 is 0 Å². The number of hydrogen-bond donors (Lipinski definition) is 1. The highest BCUT2D eigenvalue weighted by Crippen LogP contribution is 2.21. The lowest BCUT2D eigenvalue weighted by atomic mass is 9.96. The molecule has 2 fully saturated rings. The number of hydrogen-bond acceptors (Lipinski definition) is 5. The van der Waals surface area contributed by atoms with Crippen LogP contribution in [0.25, 0.3) is 0 Å². The normalized spacial score (nSPS) is 24.1. The van der Waals surface area contributed by atoms with Gasteiger partial charge in [0.05, 0.1) is 19.8 Å². The average molecular weight is 305 g/mol. The second-order valence-corrected chi connectivity index (χ2v) is 5.79. The lowest BCUT2D eigenvalue weighted by molar-refractivity contribution is 0.00166. The van der Waals surface area contributed by atoms with Gasteiger partial charge in [-0.2, -0.15) is 0 Å². The lowest BCUT2D eigenvalue weighted by Crippen LogP contribution is -2.52. The summed E-state index contributed by atoms with van der Waals surface area (Å²) in [6.07, 6.45) is 4.34. The molecule has 1 aromatic heterocycles. The number of carbonyl (C=O) groups excluding carboxylic acids is 1. The van der Waals surface area contributed by atoms with Crippen LogP contribution in [0.5, 0.6) is 0 Å². The van der Waals surface area contributed by atoms with E-state index in [0.29, 0.717) is 24.1 Å². The Morgan fingerprint density at radius 3 is 2.73 bits per heavy atom. The van der Waals surface area contributed by atoms with Crippen LogP contribution in [-0.4, -0.2) is 67.9 Å². The molecule has 2 unspecified atom stereocenters. The highest BCUT2D eigenvalue weighted by atomic mass is 16.5. The van der Waals surface area contributed by atoms with E-state index in [4.69, 9.17) is 9.47 Å². The lowest BCUT2D eigenvalue weighted by Gasteiger charge is -2.37. The van der Waals surface area contributed by atoms with Gasteiger partial charge in [0.1, 0.15) is 0 Å². The Labute approximate surface area is 130 Å². The Bertz CT molecular complexity index is 471. The monoisotopic (exact) mass is 305 g/mol. The minimum absolute atomic E-state index is 0.0421. The Hall–Kier alpha value is -1.50. The average Bonchev–Trinajstić information content (AvgIpc) is 3.11. The van der Waals surface area contributed by atoms with Gasteiger partial charge in [-0.05, 0) is 18.6 Å². The van der Waals surface area contributed by atoms with E-state index in [2.05, 4.69) is 15.2 Å². The molecule has 0 aromatic carbocycles. The number of nitrogens with one attached hydrogen (secondary N) is 1. The zero-order valence-electron chi connectivity index (χ0n) is 12.7. The molecule has 0 saturated carbocycles. The Balaban J connectivity index is 1.60. The summed E-state index contributed by atoms with van der Waals surface area (Å²) in [6, 6.07) is 3.78. The van der Waals surface area contributed by atoms with Crippen molar-refractivity contribution in [3.63, 3.8) is 0 Å². The van der Waals surface area contributed by atoms with Crippen molar-refractivity contribution in [1.29, 1.82) is 0 Å². The molecule has 3 heterocycles. The quantitative estimate of drug-likeness (QED) is 0.861. The SMILES string of the molecule is O=C(NCC(C1CCOC1)N1CCOCC1)c1ccncc1. The van der Waals surface area contributed by atoms with E-state index >= 15 is 0 Å². The van der Waals surface area contributed by atoms with Crippen LogP contribution in [-0.2, 0) is 9.47 Å². The smallest absolute Gasteiger partial charge is 0.251 e. The predicted molar refractivity (Wildman–Crippen MR) is 81.7 cm³/mol. The van der Waals surface area contributed by atoms with Gasteiger partial charge in [0, 0.05) is 56.2 Å². The Kier molecular flexibility index (Phi) is 5.37. The molecule has 0 bridgehead atoms. The van der Waals surface area contributed by atoms with Gasteiger partial charge < -0.3 is 14.8 Å². The summed E-state index contributed by atoms with van der Waals surface area (Å²) in [5, 5.41) is 3.07. The van der Waals surface area contributed by atoms with E-state index in [1.54, 1.807) is 24.5 Å². The number of amides is 1. The third kappa shape index (κ3) is 3.82. The molecule has 1 aromatic rings. The van der Waals surface area contributed by atoms with Crippen molar-refractivity contribution in [3.05, 3.63) is 30.1 Å². The van der Waals surface area contributed by atoms with Gasteiger partial charge in [0.15, 0.2) is 0 Å². The summed E-state index contributed by atoms with van der Waals surface area (Å²) in [7, 11) is 0. The third-order valence-corrected chi connectivity index (χ3v) is 4.44. The summed E-state index contributed by atoms with van der Waals surface area (Å²) < 4.78 is 11.0. The summed E-state index contributed by atoms with van der Waals surface area (Å²) >= 11 is 0. The van der Waals surface area contributed by atoms with Crippen LogP contribution in [0.4, 0.5) is 0 Å². The van der Waals surface area contributed by atoms with Crippen LogP contribution in [0, 0.1) is 5.92 Å². The van der Waals surface area contributed by atoms with Crippen LogP contribution in [0.3, 0.4) is 0 Å². The van der Waals surface area contributed by atoms with Crippen LogP contribution in [0.15, 0.2) is 24.5 Å². The Morgan fingerprint density at radius 1 is 1.27 bits per heavy atom. The Morgan fingerprint density at radius 2 is 2.05 bits per heavy atom. The molecule has 6 heteroatoms. The zero-order valence-corrected chi connectivity index (χ0v) is 12.7. The van der Waals surface area contributed by atoms with Gasteiger partial charge in [0.25, 0.3) is 5.91 Å². The van der Waals surface area contributed by atoms with E-state index in [9.17, 15) is 4.79 Å². The maximum Gasteiger partial charge on any atom is 0.251 e. The molecular formula is C16H23N3O3. The van der Waals surface area contributed by atoms with Crippen molar-refractivity contribution < 1.29 is 14.3 Å². The molecule has 2 saturated heterocycles. The van der Waals surface area contributed by atoms with Crippen LogP contribution in [0.2, 0.25) is 0 Å². The number of nitrogens with zero attached hydrogens (tertiary/aromatic N) is 2. The van der Waals surface area contributed by atoms with Crippen molar-refractivity contribution >= 4 is 5.91 Å². The van der Waals surface area contributed by atoms with Crippen LogP contribution < -0.4 is 5.32 Å². The fourth-order valence-electron chi connectivity index (χ4n) is 3.16. The molecule has 6 nitrogen and oxygen atoms in total. The largest absolute Gasteiger partial charge is 0.381 e. The number of rotatable bonds is 5. The second kappa shape index (κ2) is 7.67. The summed E-state index contributed by atoms with van der Waals surface area (Å²) in [5.41, 5.74) is 0.651. The highest BCUT2D eigenvalue weighted by molar-refractivity contribution is 5.93. The number of carbonyl (C=O) groups is 1. The van der Waals surface area contributed by atoms with Gasteiger partial charge in [0.2, 0.25) is 0 Å². The molecule has 0 spiro atoms. The molecule has 22 heavy (non-hydrogen) atoms. The van der Waals surface area contributed by atoms with Gasteiger partial charge in [-0.1, -0.05) is 0 Å². The topological polar surface area (TPSA) is 63.7 Å². The maximum atomic E-state index is 12.2. The number of ether oxygens (including phenoxy) is 2. The van der Waals surface area contributed by atoms with Crippen LogP contribution in [0.1, 0.15) is 16.8 Å². The molecule has 0 radical (unpaired) electrons. The molecule has 2 aliphatic heterocycles. The van der Waals surface area contributed by atoms with Gasteiger partial charge in [-0.3, -0.25) is 14.7 Å². The molecule has 120 valence electrons. The minimum Gasteiger partial charge on any atom is -0.381 e. The van der Waals surface area contributed by atoms with Crippen molar-refractivity contribution in [2.75, 3.05) is 46.1 Å². The molecule has 0 aliphatic carbocycles. The van der Waals surface area contributed by atoms with Crippen LogP contribution >= 0.6 is 0 Å². The second-order valence-electron chi connectivity index (χ2n) is 5.79. The molecule has 2 aliphatic rings. The fourth-order valence-corrected chi connectivity index (χ4v) is 3.16. The van der Waals surface area contributed by atoms with E-state index in [1.807, 2.05) is 0 Å². The summed E-state index contributed by atoms with van der Waals surface area (Å²) in [5.74, 6) is 0.440. The third-order valence-electron chi connectivity index (χ3n) is 4.44. The highest BCUT2D eigenvalue weighted by Gasteiger charge is 2.31. The fraction of sp³-hybridized carbons (Fsp3) is 0.625. The first-order valence-corrected chi connectivity index (χ1v) is 7.92. The van der Waals surface area contributed by atoms with Crippen molar-refractivity contribution in [2.24, 2.45) is 5.92 Å². The summed E-state index contributed by atoms with van der Waals surface area (Å²) in [6.45, 7) is 5.63. The van der Waals surface area contributed by atoms with Crippen molar-refractivity contribution in [2.45, 2.75) is 12.5 Å². The molecule has 2 atom stereocenters. The molecular weight excluding hydrogens is 282 g/mol. The maximum absolute atomic E-state index is 12.2. The molecule has 1 N–H and O–H groups in total. The van der Waals surface area contributed by atoms with E-state index in [-0.39, 0.29) is 5.91 Å². The van der Waals surface area contributed by atoms with Gasteiger partial charge in [-0.15, -0.1) is 0 Å². The molecule has 3 rings (SSSR count). The first-order chi connectivity index (χ1) is 10.8. The zero-order chi connectivity index (χ0) is 15.2. The van der Waals surface area contributed by atoms with Crippen molar-refractivity contribution in [3.8, 4) is 0 Å². The minimum atomic E-state index is -0.0421. The first kappa shape index (κ1) is 15.4.